The van der Waals surface area contributed by atoms with Gasteiger partial charge in [-0.1, -0.05) is 0 Å². The van der Waals surface area contributed by atoms with Gasteiger partial charge in [0, 0.05) is 5.56 Å². The standard InChI is InChI=1S/C8H9ClO3/c9-3-7-5-11-8(12-7)6-1-2-10-4-6/h1-2,4,7-8H,3,5H2/t7-,8-/m0/s1. The van der Waals surface area contributed by atoms with Crippen LogP contribution in [0.4, 0.5) is 0 Å². The molecule has 1 aliphatic heterocycles. The monoisotopic (exact) mass is 188 g/mol. The van der Waals surface area contributed by atoms with Crippen LogP contribution in [0, 0.1) is 0 Å². The topological polar surface area (TPSA) is 31.6 Å². The van der Waals surface area contributed by atoms with Crippen LogP contribution in [0.15, 0.2) is 23.0 Å². The van der Waals surface area contributed by atoms with E-state index >= 15 is 0 Å². The molecule has 0 unspecified atom stereocenters. The normalized spacial score (nSPS) is 29.4. The average Bonchev–Trinajstić information content (AvgIpc) is 2.75. The van der Waals surface area contributed by atoms with E-state index in [1.165, 1.54) is 0 Å². The van der Waals surface area contributed by atoms with Crippen LogP contribution >= 0.6 is 11.6 Å². The molecule has 1 aromatic rings. The van der Waals surface area contributed by atoms with Gasteiger partial charge in [-0.2, -0.15) is 0 Å². The number of rotatable bonds is 2. The minimum atomic E-state index is -0.299. The van der Waals surface area contributed by atoms with Crippen molar-refractivity contribution in [2.75, 3.05) is 12.5 Å². The third-order valence-corrected chi connectivity index (χ3v) is 2.08. The second-order valence-corrected chi connectivity index (χ2v) is 2.94. The third kappa shape index (κ3) is 1.48. The van der Waals surface area contributed by atoms with Gasteiger partial charge in [0.05, 0.1) is 31.1 Å². The quantitative estimate of drug-likeness (QED) is 0.665. The Morgan fingerprint density at radius 2 is 2.50 bits per heavy atom. The van der Waals surface area contributed by atoms with Crippen LogP contribution in [0.1, 0.15) is 11.9 Å². The van der Waals surface area contributed by atoms with Crippen LogP contribution in [0.5, 0.6) is 0 Å². The molecule has 4 heteroatoms. The molecule has 0 N–H and O–H groups in total. The Bertz CT molecular complexity index is 234. The highest BCUT2D eigenvalue weighted by Gasteiger charge is 2.26. The summed E-state index contributed by atoms with van der Waals surface area (Å²) in [6.07, 6.45) is 2.91. The van der Waals surface area contributed by atoms with Crippen molar-refractivity contribution in [2.24, 2.45) is 0 Å². The van der Waals surface area contributed by atoms with E-state index in [-0.39, 0.29) is 12.4 Å². The minimum absolute atomic E-state index is 0.00608. The maximum absolute atomic E-state index is 5.61. The first kappa shape index (κ1) is 8.10. The van der Waals surface area contributed by atoms with E-state index < -0.39 is 0 Å². The smallest absolute Gasteiger partial charge is 0.187 e. The molecule has 3 nitrogen and oxygen atoms in total. The Balaban J connectivity index is 2.00. The molecule has 2 rings (SSSR count). The van der Waals surface area contributed by atoms with E-state index in [0.717, 1.165) is 5.56 Å². The van der Waals surface area contributed by atoms with Gasteiger partial charge in [0.15, 0.2) is 6.29 Å². The van der Waals surface area contributed by atoms with E-state index in [1.54, 1.807) is 12.5 Å². The molecule has 2 atom stereocenters. The van der Waals surface area contributed by atoms with E-state index in [0.29, 0.717) is 12.5 Å². The van der Waals surface area contributed by atoms with Gasteiger partial charge in [-0.05, 0) is 6.07 Å². The molecule has 0 radical (unpaired) electrons. The van der Waals surface area contributed by atoms with E-state index in [2.05, 4.69) is 0 Å². The highest BCUT2D eigenvalue weighted by atomic mass is 35.5. The summed E-state index contributed by atoms with van der Waals surface area (Å²) in [5.41, 5.74) is 0.905. The van der Waals surface area contributed by atoms with E-state index in [1.807, 2.05) is 6.07 Å². The summed E-state index contributed by atoms with van der Waals surface area (Å²) in [6.45, 7) is 0.555. The maximum atomic E-state index is 5.61. The van der Waals surface area contributed by atoms with Gasteiger partial charge in [-0.15, -0.1) is 11.6 Å². The molecule has 0 bridgehead atoms. The molecule has 2 heterocycles. The molecular weight excluding hydrogens is 180 g/mol. The first-order valence-corrected chi connectivity index (χ1v) is 4.28. The molecule has 0 aliphatic carbocycles. The fourth-order valence-corrected chi connectivity index (χ4v) is 1.27. The van der Waals surface area contributed by atoms with Gasteiger partial charge in [0.2, 0.25) is 0 Å². The Morgan fingerprint density at radius 1 is 1.58 bits per heavy atom. The van der Waals surface area contributed by atoms with Crippen molar-refractivity contribution >= 4 is 11.6 Å². The lowest BCUT2D eigenvalue weighted by Gasteiger charge is -2.06. The van der Waals surface area contributed by atoms with Gasteiger partial charge >= 0.3 is 0 Å². The molecular formula is C8H9ClO3. The Morgan fingerprint density at radius 3 is 3.08 bits per heavy atom. The van der Waals surface area contributed by atoms with E-state index in [9.17, 15) is 0 Å². The second kappa shape index (κ2) is 3.47. The summed E-state index contributed by atoms with van der Waals surface area (Å²) >= 11 is 5.61. The summed E-state index contributed by atoms with van der Waals surface area (Å²) in [6, 6.07) is 1.82. The van der Waals surface area contributed by atoms with Crippen LogP contribution in [-0.4, -0.2) is 18.6 Å². The largest absolute Gasteiger partial charge is 0.472 e. The fourth-order valence-electron chi connectivity index (χ4n) is 1.11. The summed E-state index contributed by atoms with van der Waals surface area (Å²) in [4.78, 5) is 0. The lowest BCUT2D eigenvalue weighted by Crippen LogP contribution is -2.10. The third-order valence-electron chi connectivity index (χ3n) is 1.74. The lowest BCUT2D eigenvalue weighted by atomic mass is 10.3. The molecule has 66 valence electrons. The molecule has 1 aliphatic rings. The van der Waals surface area contributed by atoms with Crippen molar-refractivity contribution < 1.29 is 13.9 Å². The zero-order valence-electron chi connectivity index (χ0n) is 6.40. The van der Waals surface area contributed by atoms with Gasteiger partial charge < -0.3 is 13.9 Å². The van der Waals surface area contributed by atoms with Crippen molar-refractivity contribution in [3.8, 4) is 0 Å². The number of hydrogen-bond acceptors (Lipinski definition) is 3. The Labute approximate surface area is 75.2 Å². The predicted octanol–water partition coefficient (Wildman–Crippen LogP) is 1.93. The van der Waals surface area contributed by atoms with Crippen molar-refractivity contribution in [1.29, 1.82) is 0 Å². The van der Waals surface area contributed by atoms with Crippen molar-refractivity contribution in [2.45, 2.75) is 12.4 Å². The van der Waals surface area contributed by atoms with Crippen LogP contribution in [0.2, 0.25) is 0 Å². The summed E-state index contributed by atoms with van der Waals surface area (Å²) in [5.74, 6) is 0.467. The molecule has 1 saturated heterocycles. The fraction of sp³-hybridized carbons (Fsp3) is 0.500. The number of hydrogen-bond donors (Lipinski definition) is 0. The molecule has 0 saturated carbocycles. The van der Waals surface area contributed by atoms with Gasteiger partial charge in [-0.3, -0.25) is 0 Å². The van der Waals surface area contributed by atoms with Gasteiger partial charge in [0.1, 0.15) is 0 Å². The SMILES string of the molecule is ClC[C@H]1CO[C@H](c2ccoc2)O1. The number of halogens is 1. The molecule has 0 aromatic carbocycles. The van der Waals surface area contributed by atoms with Gasteiger partial charge in [-0.25, -0.2) is 0 Å². The minimum Gasteiger partial charge on any atom is -0.472 e. The highest BCUT2D eigenvalue weighted by molar-refractivity contribution is 6.18. The second-order valence-electron chi connectivity index (χ2n) is 2.63. The van der Waals surface area contributed by atoms with E-state index in [4.69, 9.17) is 25.5 Å². The predicted molar refractivity (Wildman–Crippen MR) is 43.0 cm³/mol. The Kier molecular flexibility index (Phi) is 2.35. The van der Waals surface area contributed by atoms with Crippen molar-refractivity contribution in [3.63, 3.8) is 0 Å². The van der Waals surface area contributed by atoms with Gasteiger partial charge in [0.25, 0.3) is 0 Å². The van der Waals surface area contributed by atoms with Crippen molar-refractivity contribution in [3.05, 3.63) is 24.2 Å². The van der Waals surface area contributed by atoms with Crippen LogP contribution in [0.3, 0.4) is 0 Å². The Hall–Kier alpha value is -0.510. The maximum Gasteiger partial charge on any atom is 0.187 e. The molecule has 12 heavy (non-hydrogen) atoms. The van der Waals surface area contributed by atoms with Crippen LogP contribution < -0.4 is 0 Å². The first-order chi connectivity index (χ1) is 5.90. The number of alkyl halides is 1. The number of ether oxygens (including phenoxy) is 2. The zero-order valence-corrected chi connectivity index (χ0v) is 7.16. The van der Waals surface area contributed by atoms with Crippen molar-refractivity contribution in [1.82, 2.24) is 0 Å². The van der Waals surface area contributed by atoms with Crippen LogP contribution in [-0.2, 0) is 9.47 Å². The number of furan rings is 1. The summed E-state index contributed by atoms with van der Waals surface area (Å²) in [5, 5.41) is 0. The molecule has 0 amide bonds. The lowest BCUT2D eigenvalue weighted by molar-refractivity contribution is -0.0570. The highest BCUT2D eigenvalue weighted by Crippen LogP contribution is 2.27. The molecule has 0 spiro atoms. The molecule has 1 fully saturated rings. The summed E-state index contributed by atoms with van der Waals surface area (Å²) < 4.78 is 15.7. The average molecular weight is 189 g/mol. The zero-order chi connectivity index (χ0) is 8.39. The molecule has 1 aromatic heterocycles. The first-order valence-electron chi connectivity index (χ1n) is 3.75. The summed E-state index contributed by atoms with van der Waals surface area (Å²) in [7, 11) is 0. The van der Waals surface area contributed by atoms with Crippen LogP contribution in [0.25, 0.3) is 0 Å².